The molecule has 0 heterocycles. The summed E-state index contributed by atoms with van der Waals surface area (Å²) in [5.41, 5.74) is 1.97. The molecule has 24 heavy (non-hydrogen) atoms. The fourth-order valence-corrected chi connectivity index (χ4v) is 3.33. The molecule has 0 spiro atoms. The molecule has 4 aromatic carbocycles. The van der Waals surface area contributed by atoms with E-state index in [2.05, 4.69) is 53.8 Å². The van der Waals surface area contributed by atoms with Crippen LogP contribution in [0.4, 0.5) is 5.69 Å². The summed E-state index contributed by atoms with van der Waals surface area (Å²) in [5, 5.41) is 8.93. The second-order valence-corrected chi connectivity index (χ2v) is 6.50. The van der Waals surface area contributed by atoms with Gasteiger partial charge in [-0.05, 0) is 34.4 Å². The summed E-state index contributed by atoms with van der Waals surface area (Å²) in [6.45, 7) is 0. The molecule has 3 heteroatoms. The van der Waals surface area contributed by atoms with Gasteiger partial charge in [0, 0.05) is 21.7 Å². The Morgan fingerprint density at radius 2 is 1.38 bits per heavy atom. The van der Waals surface area contributed by atoms with Gasteiger partial charge in [-0.2, -0.15) is 0 Å². The molecule has 116 valence electrons. The van der Waals surface area contributed by atoms with Crippen molar-refractivity contribution in [2.24, 2.45) is 0 Å². The number of rotatable bonds is 2. The van der Waals surface area contributed by atoms with Crippen molar-refractivity contribution in [1.29, 1.82) is 0 Å². The van der Waals surface area contributed by atoms with Gasteiger partial charge in [0.2, 0.25) is 0 Å². The number of halogens is 1. The molecule has 0 aliphatic carbocycles. The summed E-state index contributed by atoms with van der Waals surface area (Å²) in [6, 6.07) is 26.5. The Balaban J connectivity index is 1.83. The normalized spacial score (nSPS) is 10.9. The lowest BCUT2D eigenvalue weighted by atomic mass is 10.00. The standard InChI is InChI=1S/C21H14ClNS/c22-16-11-9-14(10-12-16)21(24)23-20-13-15-5-1-2-6-17(15)18-7-3-4-8-19(18)20/h1-13H,(H,23,24). The second-order valence-electron chi connectivity index (χ2n) is 5.65. The van der Waals surface area contributed by atoms with Gasteiger partial charge in [-0.25, -0.2) is 0 Å². The van der Waals surface area contributed by atoms with Gasteiger partial charge in [0.25, 0.3) is 0 Å². The van der Waals surface area contributed by atoms with Crippen molar-refractivity contribution in [2.45, 2.75) is 0 Å². The smallest absolute Gasteiger partial charge is 0.111 e. The van der Waals surface area contributed by atoms with Crippen LogP contribution in [0, 0.1) is 0 Å². The van der Waals surface area contributed by atoms with Crippen molar-refractivity contribution in [3.05, 3.63) is 89.4 Å². The lowest BCUT2D eigenvalue weighted by molar-refractivity contribution is 1.63. The molecule has 0 fully saturated rings. The minimum atomic E-state index is 0.687. The molecular weight excluding hydrogens is 334 g/mol. The van der Waals surface area contributed by atoms with Crippen LogP contribution in [0.5, 0.6) is 0 Å². The number of nitrogens with one attached hydrogen (secondary N) is 1. The molecule has 0 radical (unpaired) electrons. The number of anilines is 1. The predicted molar refractivity (Wildman–Crippen MR) is 108 cm³/mol. The van der Waals surface area contributed by atoms with Gasteiger partial charge in [0.05, 0.1) is 0 Å². The van der Waals surface area contributed by atoms with E-state index in [1.807, 2.05) is 30.3 Å². The third kappa shape index (κ3) is 2.75. The van der Waals surface area contributed by atoms with Crippen molar-refractivity contribution in [3.8, 4) is 0 Å². The van der Waals surface area contributed by atoms with Gasteiger partial charge in [0.1, 0.15) is 4.99 Å². The monoisotopic (exact) mass is 347 g/mol. The van der Waals surface area contributed by atoms with Crippen LogP contribution in [0.3, 0.4) is 0 Å². The van der Waals surface area contributed by atoms with E-state index in [1.165, 1.54) is 16.2 Å². The van der Waals surface area contributed by atoms with Crippen molar-refractivity contribution in [2.75, 3.05) is 5.32 Å². The first-order valence-corrected chi connectivity index (χ1v) is 8.48. The molecular formula is C21H14ClNS. The molecule has 0 saturated carbocycles. The number of hydrogen-bond acceptors (Lipinski definition) is 1. The average molecular weight is 348 g/mol. The SMILES string of the molecule is S=C(Nc1cc2ccccc2c2ccccc12)c1ccc(Cl)cc1. The molecule has 1 N–H and O–H groups in total. The highest BCUT2D eigenvalue weighted by Gasteiger charge is 2.08. The second kappa shape index (κ2) is 6.23. The van der Waals surface area contributed by atoms with Gasteiger partial charge >= 0.3 is 0 Å². The quantitative estimate of drug-likeness (QED) is 0.331. The van der Waals surface area contributed by atoms with E-state index < -0.39 is 0 Å². The van der Waals surface area contributed by atoms with Crippen molar-refractivity contribution < 1.29 is 0 Å². The van der Waals surface area contributed by atoms with Crippen LogP contribution in [-0.4, -0.2) is 4.99 Å². The van der Waals surface area contributed by atoms with Crippen LogP contribution in [-0.2, 0) is 0 Å². The molecule has 4 rings (SSSR count). The van der Waals surface area contributed by atoms with E-state index >= 15 is 0 Å². The maximum absolute atomic E-state index is 5.96. The lowest BCUT2D eigenvalue weighted by Crippen LogP contribution is -2.10. The van der Waals surface area contributed by atoms with E-state index in [-0.39, 0.29) is 0 Å². The number of benzene rings is 4. The van der Waals surface area contributed by atoms with Crippen LogP contribution < -0.4 is 5.32 Å². The first-order chi connectivity index (χ1) is 11.7. The molecule has 0 amide bonds. The summed E-state index contributed by atoms with van der Waals surface area (Å²) in [5.74, 6) is 0. The molecule has 0 bridgehead atoms. The molecule has 1 nitrogen and oxygen atoms in total. The molecule has 0 aliphatic rings. The Hall–Kier alpha value is -2.42. The Morgan fingerprint density at radius 3 is 2.12 bits per heavy atom. The Bertz CT molecular complexity index is 1050. The third-order valence-corrected chi connectivity index (χ3v) is 4.71. The van der Waals surface area contributed by atoms with E-state index in [4.69, 9.17) is 23.8 Å². The van der Waals surface area contributed by atoms with Gasteiger partial charge in [-0.15, -0.1) is 0 Å². The van der Waals surface area contributed by atoms with Crippen LogP contribution in [0.1, 0.15) is 5.56 Å². The van der Waals surface area contributed by atoms with Crippen molar-refractivity contribution in [3.63, 3.8) is 0 Å². The summed E-state index contributed by atoms with van der Waals surface area (Å²) < 4.78 is 0. The number of fused-ring (bicyclic) bond motifs is 3. The topological polar surface area (TPSA) is 12.0 Å². The molecule has 0 unspecified atom stereocenters. The van der Waals surface area contributed by atoms with E-state index in [1.54, 1.807) is 0 Å². The molecule has 4 aromatic rings. The molecule has 0 saturated heterocycles. The Labute approximate surface area is 150 Å². The zero-order valence-electron chi connectivity index (χ0n) is 12.8. The first-order valence-electron chi connectivity index (χ1n) is 7.70. The zero-order valence-corrected chi connectivity index (χ0v) is 14.4. The minimum absolute atomic E-state index is 0.687. The van der Waals surface area contributed by atoms with Crippen molar-refractivity contribution in [1.82, 2.24) is 0 Å². The zero-order chi connectivity index (χ0) is 16.5. The van der Waals surface area contributed by atoms with Gasteiger partial charge < -0.3 is 5.32 Å². The predicted octanol–water partition coefficient (Wildman–Crippen LogP) is 6.43. The highest BCUT2D eigenvalue weighted by molar-refractivity contribution is 7.81. The number of hydrogen-bond donors (Lipinski definition) is 1. The van der Waals surface area contributed by atoms with Crippen LogP contribution in [0.25, 0.3) is 21.5 Å². The average Bonchev–Trinajstić information content (AvgIpc) is 2.62. The van der Waals surface area contributed by atoms with Crippen LogP contribution in [0.15, 0.2) is 78.9 Å². The largest absolute Gasteiger partial charge is 0.346 e. The Morgan fingerprint density at radius 1 is 0.750 bits per heavy atom. The first kappa shape index (κ1) is 15.1. The minimum Gasteiger partial charge on any atom is -0.346 e. The maximum atomic E-state index is 5.96. The van der Waals surface area contributed by atoms with E-state index in [0.717, 1.165) is 16.6 Å². The van der Waals surface area contributed by atoms with Gasteiger partial charge in [0.15, 0.2) is 0 Å². The highest BCUT2D eigenvalue weighted by atomic mass is 35.5. The highest BCUT2D eigenvalue weighted by Crippen LogP contribution is 2.32. The fraction of sp³-hybridized carbons (Fsp3) is 0. The van der Waals surface area contributed by atoms with E-state index in [0.29, 0.717) is 10.0 Å². The molecule has 0 aromatic heterocycles. The van der Waals surface area contributed by atoms with Crippen molar-refractivity contribution >= 4 is 56.0 Å². The van der Waals surface area contributed by atoms with Crippen LogP contribution in [0.2, 0.25) is 5.02 Å². The molecule has 0 aliphatic heterocycles. The maximum Gasteiger partial charge on any atom is 0.111 e. The summed E-state index contributed by atoms with van der Waals surface area (Å²) in [6.07, 6.45) is 0. The molecule has 0 atom stereocenters. The van der Waals surface area contributed by atoms with Gasteiger partial charge in [-0.1, -0.05) is 84.5 Å². The number of thiocarbonyl (C=S) groups is 1. The fourth-order valence-electron chi connectivity index (χ4n) is 2.95. The lowest BCUT2D eigenvalue weighted by Gasteiger charge is -2.13. The Kier molecular flexibility index (Phi) is 3.93. The summed E-state index contributed by atoms with van der Waals surface area (Å²) >= 11 is 11.5. The van der Waals surface area contributed by atoms with Gasteiger partial charge in [-0.3, -0.25) is 0 Å². The van der Waals surface area contributed by atoms with Crippen LogP contribution >= 0.6 is 23.8 Å². The summed E-state index contributed by atoms with van der Waals surface area (Å²) in [7, 11) is 0. The third-order valence-electron chi connectivity index (χ3n) is 4.12. The van der Waals surface area contributed by atoms with E-state index in [9.17, 15) is 0 Å². The summed E-state index contributed by atoms with van der Waals surface area (Å²) in [4.78, 5) is 0.687.